The maximum Gasteiger partial charge on any atom is 0.255 e. The standard InChI is InChI=1S/C38H34ClFN6O3/c39-28-6-4-27(31(40)19-28)23-49-37-3-1-2-33(44-37)24-11-15-45(16-12-24)22-36-43-34-20-29(7-9-35(34)46(36)21-30-13-17-48-30)42-38(47)26-5-8-32-25(18-26)10-14-41-32/h1-11,14,18-20,30,41H,12-13,15-17,21-23H2,(H,42,47)/t30-/m0/s1. The highest BCUT2D eigenvalue weighted by Gasteiger charge is 2.24. The van der Waals surface area contributed by atoms with Crippen LogP contribution in [0.2, 0.25) is 5.02 Å². The number of fused-ring (bicyclic) bond motifs is 2. The normalized spacial score (nSPS) is 16.4. The fourth-order valence-corrected chi connectivity index (χ4v) is 6.52. The lowest BCUT2D eigenvalue weighted by Crippen LogP contribution is -2.33. The minimum Gasteiger partial charge on any atom is -0.473 e. The van der Waals surface area contributed by atoms with E-state index >= 15 is 0 Å². The predicted molar refractivity (Wildman–Crippen MR) is 188 cm³/mol. The van der Waals surface area contributed by atoms with Gasteiger partial charge in [-0.3, -0.25) is 9.69 Å². The van der Waals surface area contributed by atoms with Crippen molar-refractivity contribution in [1.29, 1.82) is 0 Å². The van der Waals surface area contributed by atoms with Crippen LogP contribution in [0.1, 0.15) is 40.3 Å². The molecule has 1 amide bonds. The van der Waals surface area contributed by atoms with E-state index in [1.54, 1.807) is 18.2 Å². The third-order valence-corrected chi connectivity index (χ3v) is 9.42. The van der Waals surface area contributed by atoms with Crippen LogP contribution in [-0.2, 0) is 24.4 Å². The molecule has 9 nitrogen and oxygen atoms in total. The second kappa shape index (κ2) is 13.5. The summed E-state index contributed by atoms with van der Waals surface area (Å²) in [4.78, 5) is 28.4. The summed E-state index contributed by atoms with van der Waals surface area (Å²) in [6.07, 6.45) is 6.08. The Morgan fingerprint density at radius 2 is 2.00 bits per heavy atom. The van der Waals surface area contributed by atoms with Gasteiger partial charge in [0.1, 0.15) is 18.2 Å². The molecule has 1 saturated heterocycles. The van der Waals surface area contributed by atoms with Crippen molar-refractivity contribution in [3.63, 3.8) is 0 Å². The molecule has 0 aliphatic carbocycles. The first kappa shape index (κ1) is 31.3. The Bertz CT molecular complexity index is 2210. The van der Waals surface area contributed by atoms with E-state index in [4.69, 9.17) is 31.0 Å². The molecular formula is C38H34ClFN6O3. The number of hydrogen-bond acceptors (Lipinski definition) is 6. The zero-order chi connectivity index (χ0) is 33.3. The number of rotatable bonds is 10. The first-order chi connectivity index (χ1) is 23.9. The van der Waals surface area contributed by atoms with Crippen LogP contribution in [-0.4, -0.2) is 56.1 Å². The van der Waals surface area contributed by atoms with Crippen molar-refractivity contribution in [3.05, 3.63) is 125 Å². The molecule has 2 N–H and O–H groups in total. The van der Waals surface area contributed by atoms with Crippen molar-refractivity contribution in [3.8, 4) is 5.88 Å². The molecule has 0 bridgehead atoms. The van der Waals surface area contributed by atoms with Gasteiger partial charge in [0, 0.05) is 64.7 Å². The molecule has 8 rings (SSSR count). The number of nitrogens with zero attached hydrogens (tertiary/aromatic N) is 4. The molecule has 0 saturated carbocycles. The van der Waals surface area contributed by atoms with Crippen LogP contribution < -0.4 is 10.1 Å². The quantitative estimate of drug-likeness (QED) is 0.155. The summed E-state index contributed by atoms with van der Waals surface area (Å²) in [5, 5.41) is 4.39. The van der Waals surface area contributed by atoms with Crippen molar-refractivity contribution < 1.29 is 18.7 Å². The number of H-pyrrole nitrogens is 1. The van der Waals surface area contributed by atoms with Crippen molar-refractivity contribution in [1.82, 2.24) is 24.4 Å². The van der Waals surface area contributed by atoms with E-state index in [1.807, 2.05) is 60.8 Å². The topological polar surface area (TPSA) is 97.3 Å². The molecule has 248 valence electrons. The average Bonchev–Trinajstić information content (AvgIpc) is 3.70. The van der Waals surface area contributed by atoms with Gasteiger partial charge in [-0.2, -0.15) is 0 Å². The van der Waals surface area contributed by atoms with Crippen LogP contribution in [0, 0.1) is 5.82 Å². The van der Waals surface area contributed by atoms with Crippen molar-refractivity contribution in [2.75, 3.05) is 25.0 Å². The zero-order valence-corrected chi connectivity index (χ0v) is 27.4. The van der Waals surface area contributed by atoms with Crippen LogP contribution >= 0.6 is 11.6 Å². The summed E-state index contributed by atoms with van der Waals surface area (Å²) in [7, 11) is 0. The molecule has 0 spiro atoms. The maximum absolute atomic E-state index is 14.2. The van der Waals surface area contributed by atoms with Gasteiger partial charge < -0.3 is 24.3 Å². The molecule has 0 radical (unpaired) electrons. The lowest BCUT2D eigenvalue weighted by atomic mass is 10.0. The summed E-state index contributed by atoms with van der Waals surface area (Å²) in [5.41, 5.74) is 6.56. The summed E-state index contributed by atoms with van der Waals surface area (Å²) in [5.74, 6) is 0.843. The largest absolute Gasteiger partial charge is 0.473 e. The number of anilines is 1. The molecule has 3 aromatic heterocycles. The van der Waals surface area contributed by atoms with Crippen LogP contribution in [0.25, 0.3) is 27.5 Å². The van der Waals surface area contributed by atoms with E-state index in [2.05, 4.69) is 25.8 Å². The highest BCUT2D eigenvalue weighted by Crippen LogP contribution is 2.28. The molecule has 49 heavy (non-hydrogen) atoms. The molecular weight excluding hydrogens is 643 g/mol. The summed E-state index contributed by atoms with van der Waals surface area (Å²) >= 11 is 5.87. The minimum atomic E-state index is -0.402. The number of nitrogens with one attached hydrogen (secondary N) is 2. The van der Waals surface area contributed by atoms with Gasteiger partial charge >= 0.3 is 0 Å². The van der Waals surface area contributed by atoms with Crippen LogP contribution in [0.15, 0.2) is 91.1 Å². The number of carbonyl (C=O) groups is 1. The Morgan fingerprint density at radius 3 is 2.82 bits per heavy atom. The average molecular weight is 677 g/mol. The Hall–Kier alpha value is -5.03. The molecule has 1 atom stereocenters. The van der Waals surface area contributed by atoms with Crippen LogP contribution in [0.3, 0.4) is 0 Å². The van der Waals surface area contributed by atoms with Crippen molar-refractivity contribution >= 4 is 50.7 Å². The number of carbonyl (C=O) groups excluding carboxylic acids is 1. The van der Waals surface area contributed by atoms with Gasteiger partial charge in [0.2, 0.25) is 5.88 Å². The third kappa shape index (κ3) is 6.80. The molecule has 2 aliphatic heterocycles. The molecule has 11 heteroatoms. The summed E-state index contributed by atoms with van der Waals surface area (Å²) < 4.78 is 28.1. The van der Waals surface area contributed by atoms with Gasteiger partial charge in [0.25, 0.3) is 5.91 Å². The van der Waals surface area contributed by atoms with E-state index in [-0.39, 0.29) is 18.6 Å². The number of pyridine rings is 1. The highest BCUT2D eigenvalue weighted by atomic mass is 35.5. The van der Waals surface area contributed by atoms with Crippen LogP contribution in [0.4, 0.5) is 10.1 Å². The number of imidazole rings is 1. The Balaban J connectivity index is 0.960. The van der Waals surface area contributed by atoms with E-state index in [0.717, 1.165) is 78.1 Å². The van der Waals surface area contributed by atoms with Crippen molar-refractivity contribution in [2.45, 2.75) is 38.6 Å². The van der Waals surface area contributed by atoms with Crippen LogP contribution in [0.5, 0.6) is 5.88 Å². The molecule has 1 fully saturated rings. The second-order valence-electron chi connectivity index (χ2n) is 12.5. The molecule has 2 aliphatic rings. The SMILES string of the molecule is O=C(Nc1ccc2c(c1)nc(CN1CC=C(c3cccc(OCc4ccc(Cl)cc4F)n3)CC1)n2C[C@@H]1CCO1)c1ccc2[nH]ccc2c1. The Kier molecular flexibility index (Phi) is 8.59. The number of benzene rings is 3. The number of hydrogen-bond donors (Lipinski definition) is 2. The van der Waals surface area contributed by atoms with Gasteiger partial charge in [-0.1, -0.05) is 29.8 Å². The van der Waals surface area contributed by atoms with E-state index in [9.17, 15) is 9.18 Å². The summed E-state index contributed by atoms with van der Waals surface area (Å²) in [6.45, 7) is 3.85. The highest BCUT2D eigenvalue weighted by molar-refractivity contribution is 6.30. The number of aromatic nitrogens is 4. The molecule has 0 unspecified atom stereocenters. The van der Waals surface area contributed by atoms with Gasteiger partial charge in [0.05, 0.1) is 35.9 Å². The monoisotopic (exact) mass is 676 g/mol. The van der Waals surface area contributed by atoms with Gasteiger partial charge in [-0.15, -0.1) is 0 Å². The first-order valence-corrected chi connectivity index (χ1v) is 16.8. The second-order valence-corrected chi connectivity index (χ2v) is 12.9. The maximum atomic E-state index is 14.2. The number of halogens is 2. The van der Waals surface area contributed by atoms with E-state index in [1.165, 1.54) is 6.07 Å². The number of ether oxygens (including phenoxy) is 2. The van der Waals surface area contributed by atoms with E-state index < -0.39 is 5.82 Å². The minimum absolute atomic E-state index is 0.0669. The first-order valence-electron chi connectivity index (χ1n) is 16.4. The zero-order valence-electron chi connectivity index (χ0n) is 26.7. The predicted octanol–water partition coefficient (Wildman–Crippen LogP) is 7.61. The summed E-state index contributed by atoms with van der Waals surface area (Å²) in [6, 6.07) is 23.7. The number of aromatic amines is 1. The third-order valence-electron chi connectivity index (χ3n) is 9.18. The number of amides is 1. The molecule has 5 heterocycles. The van der Waals surface area contributed by atoms with Gasteiger partial charge in [-0.25, -0.2) is 14.4 Å². The smallest absolute Gasteiger partial charge is 0.255 e. The fraction of sp³-hybridized carbons (Fsp3) is 0.237. The fourth-order valence-electron chi connectivity index (χ4n) is 6.36. The Morgan fingerprint density at radius 1 is 1.08 bits per heavy atom. The van der Waals surface area contributed by atoms with E-state index in [0.29, 0.717) is 34.3 Å². The lowest BCUT2D eigenvalue weighted by molar-refractivity contribution is -0.0591. The van der Waals surface area contributed by atoms with Gasteiger partial charge in [0.15, 0.2) is 0 Å². The van der Waals surface area contributed by atoms with Gasteiger partial charge in [-0.05, 0) is 79.1 Å². The molecule has 6 aromatic rings. The molecule has 3 aromatic carbocycles. The van der Waals surface area contributed by atoms with Crippen molar-refractivity contribution in [2.24, 2.45) is 0 Å². The Labute approximate surface area is 287 Å². The lowest BCUT2D eigenvalue weighted by Gasteiger charge is -2.29.